The van der Waals surface area contributed by atoms with Crippen molar-refractivity contribution in [1.29, 1.82) is 0 Å². The molecule has 3 heteroatoms. The molecular weight excluding hydrogens is 212 g/mol. The Morgan fingerprint density at radius 3 is 3.00 bits per heavy atom. The lowest BCUT2D eigenvalue weighted by Crippen LogP contribution is -2.38. The summed E-state index contributed by atoms with van der Waals surface area (Å²) < 4.78 is 0. The van der Waals surface area contributed by atoms with Crippen LogP contribution in [0.1, 0.15) is 43.9 Å². The van der Waals surface area contributed by atoms with Crippen LogP contribution in [0.4, 0.5) is 5.69 Å². The van der Waals surface area contributed by atoms with E-state index in [-0.39, 0.29) is 0 Å². The Bertz CT molecular complexity index is 401. The van der Waals surface area contributed by atoms with Gasteiger partial charge in [-0.3, -0.25) is 0 Å². The van der Waals surface area contributed by atoms with Crippen LogP contribution in [0, 0.1) is 0 Å². The summed E-state index contributed by atoms with van der Waals surface area (Å²) in [4.78, 5) is 0. The van der Waals surface area contributed by atoms with Gasteiger partial charge in [-0.05, 0) is 49.4 Å². The highest BCUT2D eigenvalue weighted by atomic mass is 16.3. The first-order chi connectivity index (χ1) is 8.02. The molecule has 4 N–H and O–H groups in total. The van der Waals surface area contributed by atoms with E-state index in [9.17, 15) is 5.11 Å². The van der Waals surface area contributed by atoms with Gasteiger partial charge < -0.3 is 16.2 Å². The molecule has 17 heavy (non-hydrogen) atoms. The van der Waals surface area contributed by atoms with E-state index in [2.05, 4.69) is 17.4 Å². The van der Waals surface area contributed by atoms with E-state index in [1.807, 2.05) is 19.9 Å². The minimum atomic E-state index is -0.615. The van der Waals surface area contributed by atoms with Crippen LogP contribution in [0.15, 0.2) is 18.2 Å². The molecule has 1 aromatic rings. The fourth-order valence-electron chi connectivity index (χ4n) is 2.32. The predicted molar refractivity (Wildman–Crippen MR) is 70.8 cm³/mol. The highest BCUT2D eigenvalue weighted by Gasteiger charge is 2.25. The van der Waals surface area contributed by atoms with Crippen molar-refractivity contribution in [3.8, 4) is 0 Å². The van der Waals surface area contributed by atoms with Gasteiger partial charge in [-0.15, -0.1) is 0 Å². The molecule has 0 saturated heterocycles. The summed E-state index contributed by atoms with van der Waals surface area (Å²) in [7, 11) is 0. The number of rotatable bonds is 4. The molecule has 0 aliphatic heterocycles. The zero-order chi connectivity index (χ0) is 12.5. The Hall–Kier alpha value is -1.06. The zero-order valence-corrected chi connectivity index (χ0v) is 10.7. The van der Waals surface area contributed by atoms with Gasteiger partial charge in [0.15, 0.2) is 0 Å². The average molecular weight is 234 g/mol. The van der Waals surface area contributed by atoms with Gasteiger partial charge in [0, 0.05) is 18.3 Å². The smallest absolute Gasteiger partial charge is 0.0741 e. The molecular formula is C14H22N2O. The van der Waals surface area contributed by atoms with Crippen molar-refractivity contribution in [3.05, 3.63) is 29.3 Å². The Morgan fingerprint density at radius 1 is 1.53 bits per heavy atom. The first kappa shape index (κ1) is 12.4. The minimum absolute atomic E-state index is 0.364. The molecule has 1 aliphatic carbocycles. The summed E-state index contributed by atoms with van der Waals surface area (Å²) in [5, 5.41) is 13.5. The van der Waals surface area contributed by atoms with Gasteiger partial charge in [0.25, 0.3) is 0 Å². The number of fused-ring (bicyclic) bond motifs is 1. The molecule has 2 atom stereocenters. The molecule has 0 saturated carbocycles. The summed E-state index contributed by atoms with van der Waals surface area (Å²) in [5.41, 5.74) is 8.69. The summed E-state index contributed by atoms with van der Waals surface area (Å²) in [6, 6.07) is 6.49. The van der Waals surface area contributed by atoms with Gasteiger partial charge in [0.05, 0.1) is 5.60 Å². The highest BCUT2D eigenvalue weighted by molar-refractivity contribution is 5.47. The van der Waals surface area contributed by atoms with E-state index in [0.717, 1.165) is 24.9 Å². The average Bonchev–Trinajstić information content (AvgIpc) is 2.69. The van der Waals surface area contributed by atoms with Crippen LogP contribution in [0.5, 0.6) is 0 Å². The van der Waals surface area contributed by atoms with Crippen molar-refractivity contribution >= 4 is 5.69 Å². The fraction of sp³-hybridized carbons (Fsp3) is 0.571. The van der Waals surface area contributed by atoms with E-state index in [4.69, 9.17) is 5.73 Å². The number of hydrogen-bond donors (Lipinski definition) is 3. The topological polar surface area (TPSA) is 58.3 Å². The molecule has 0 radical (unpaired) electrons. The van der Waals surface area contributed by atoms with Crippen LogP contribution in [-0.2, 0) is 6.42 Å². The zero-order valence-electron chi connectivity index (χ0n) is 10.7. The maximum atomic E-state index is 9.99. The van der Waals surface area contributed by atoms with Gasteiger partial charge in [-0.25, -0.2) is 0 Å². The van der Waals surface area contributed by atoms with Gasteiger partial charge in [0.2, 0.25) is 0 Å². The maximum absolute atomic E-state index is 9.99. The number of hydrogen-bond acceptors (Lipinski definition) is 3. The Kier molecular flexibility index (Phi) is 3.40. The van der Waals surface area contributed by atoms with E-state index in [0.29, 0.717) is 12.6 Å². The number of aryl methyl sites for hydroxylation is 1. The van der Waals surface area contributed by atoms with E-state index >= 15 is 0 Å². The quantitative estimate of drug-likeness (QED) is 0.698. The first-order valence-electron chi connectivity index (χ1n) is 6.36. The molecule has 0 bridgehead atoms. The number of nitrogen functional groups attached to an aromatic ring is 1. The monoisotopic (exact) mass is 234 g/mol. The predicted octanol–water partition coefficient (Wildman–Crippen LogP) is 2.01. The fourth-order valence-corrected chi connectivity index (χ4v) is 2.32. The number of nitrogens with one attached hydrogen (secondary N) is 1. The van der Waals surface area contributed by atoms with Crippen LogP contribution >= 0.6 is 0 Å². The normalized spacial score (nSPS) is 22.2. The van der Waals surface area contributed by atoms with Gasteiger partial charge in [-0.1, -0.05) is 13.0 Å². The van der Waals surface area contributed by atoms with E-state index in [1.165, 1.54) is 11.1 Å². The second-order valence-electron chi connectivity index (χ2n) is 5.28. The van der Waals surface area contributed by atoms with Crippen LogP contribution in [0.3, 0.4) is 0 Å². The molecule has 1 aliphatic rings. The molecule has 1 aromatic carbocycles. The van der Waals surface area contributed by atoms with Crippen LogP contribution < -0.4 is 11.1 Å². The standard InChI is InChI=1S/C14H22N2O/c1-3-14(2,17)9-16-13-7-4-10-8-11(15)5-6-12(10)13/h5-6,8,13,16-17H,3-4,7,9,15H2,1-2H3. The SMILES string of the molecule is CCC(C)(O)CNC1CCc2cc(N)ccc21. The third kappa shape index (κ3) is 2.79. The van der Waals surface area contributed by atoms with Gasteiger partial charge in [0.1, 0.15) is 0 Å². The number of aliphatic hydroxyl groups is 1. The van der Waals surface area contributed by atoms with Crippen molar-refractivity contribution in [2.24, 2.45) is 0 Å². The number of benzene rings is 1. The van der Waals surface area contributed by atoms with Crippen molar-refractivity contribution < 1.29 is 5.11 Å². The first-order valence-corrected chi connectivity index (χ1v) is 6.36. The minimum Gasteiger partial charge on any atom is -0.399 e. The van der Waals surface area contributed by atoms with E-state index in [1.54, 1.807) is 0 Å². The molecule has 2 unspecified atom stereocenters. The molecule has 2 rings (SSSR count). The Balaban J connectivity index is 2.03. The lowest BCUT2D eigenvalue weighted by Gasteiger charge is -2.24. The molecule has 0 aromatic heterocycles. The second-order valence-corrected chi connectivity index (χ2v) is 5.28. The number of nitrogens with two attached hydrogens (primary N) is 1. The summed E-state index contributed by atoms with van der Waals surface area (Å²) >= 11 is 0. The number of anilines is 1. The largest absolute Gasteiger partial charge is 0.399 e. The molecule has 3 nitrogen and oxygen atoms in total. The van der Waals surface area contributed by atoms with Gasteiger partial charge in [-0.2, -0.15) is 0 Å². The molecule has 0 fully saturated rings. The lowest BCUT2D eigenvalue weighted by atomic mass is 10.0. The van der Waals surface area contributed by atoms with Crippen molar-refractivity contribution in [1.82, 2.24) is 5.32 Å². The third-order valence-corrected chi connectivity index (χ3v) is 3.74. The Morgan fingerprint density at radius 2 is 2.29 bits per heavy atom. The lowest BCUT2D eigenvalue weighted by molar-refractivity contribution is 0.0528. The summed E-state index contributed by atoms with van der Waals surface area (Å²) in [5.74, 6) is 0. The van der Waals surface area contributed by atoms with Crippen LogP contribution in [0.2, 0.25) is 0 Å². The van der Waals surface area contributed by atoms with Crippen molar-refractivity contribution in [2.75, 3.05) is 12.3 Å². The maximum Gasteiger partial charge on any atom is 0.0741 e. The molecule has 0 heterocycles. The third-order valence-electron chi connectivity index (χ3n) is 3.74. The Labute approximate surface area is 103 Å². The highest BCUT2D eigenvalue weighted by Crippen LogP contribution is 2.32. The molecule has 94 valence electrons. The van der Waals surface area contributed by atoms with Crippen LogP contribution in [0.25, 0.3) is 0 Å². The van der Waals surface area contributed by atoms with Crippen LogP contribution in [-0.4, -0.2) is 17.3 Å². The molecule has 0 amide bonds. The molecule has 0 spiro atoms. The van der Waals surface area contributed by atoms with E-state index < -0.39 is 5.60 Å². The van der Waals surface area contributed by atoms with Gasteiger partial charge >= 0.3 is 0 Å². The summed E-state index contributed by atoms with van der Waals surface area (Å²) in [6.07, 6.45) is 2.94. The summed E-state index contributed by atoms with van der Waals surface area (Å²) in [6.45, 7) is 4.52. The van der Waals surface area contributed by atoms with Crippen molar-refractivity contribution in [3.63, 3.8) is 0 Å². The van der Waals surface area contributed by atoms with Crippen molar-refractivity contribution in [2.45, 2.75) is 44.8 Å². The second kappa shape index (κ2) is 4.67.